The molecule has 1 aliphatic heterocycles. The number of ketones is 1. The number of carboxylic acids is 1. The molecule has 2 heterocycles. The van der Waals surface area contributed by atoms with Gasteiger partial charge < -0.3 is 15.7 Å². The van der Waals surface area contributed by atoms with E-state index >= 15 is 0 Å². The summed E-state index contributed by atoms with van der Waals surface area (Å²) >= 11 is 1.38. The number of hydrogen-bond acceptors (Lipinski definition) is 5. The fraction of sp³-hybridized carbons (Fsp3) is 0.455. The molecule has 154 valence electrons. The average molecular weight is 405 g/mol. The van der Waals surface area contributed by atoms with Gasteiger partial charge in [-0.25, -0.2) is 0 Å². The lowest BCUT2D eigenvalue weighted by atomic mass is 10.00. The Labute approximate surface area is 172 Å². The number of carbonyl (C=O) groups is 2. The second-order valence-corrected chi connectivity index (χ2v) is 8.13. The number of carboxylic acid groups (broad SMARTS) is 1. The summed E-state index contributed by atoms with van der Waals surface area (Å²) in [5.74, 6) is -0.166. The van der Waals surface area contributed by atoms with Crippen LogP contribution in [0.4, 0.5) is 5.69 Å². The molecule has 3 rings (SSSR count). The van der Waals surface area contributed by atoms with Gasteiger partial charge in [0.2, 0.25) is 0 Å². The predicted octanol–water partition coefficient (Wildman–Crippen LogP) is 4.76. The average Bonchev–Trinajstić information content (AvgIpc) is 3.11. The highest BCUT2D eigenvalue weighted by molar-refractivity contribution is 7.12. The van der Waals surface area contributed by atoms with Crippen molar-refractivity contribution in [3.05, 3.63) is 52.2 Å². The number of benzene rings is 1. The Bertz CT molecular complexity index is 712. The SMILES string of the molecule is CC(=O)c1sccc1N.CC(C(=O)O)c1ccccc1.CC1CCN(C)CC1. The van der Waals surface area contributed by atoms with Gasteiger partial charge in [0.05, 0.1) is 16.5 Å². The number of rotatable bonds is 3. The third-order valence-electron chi connectivity index (χ3n) is 4.69. The number of carbonyl (C=O) groups excluding carboxylic acids is 1. The van der Waals surface area contributed by atoms with E-state index in [0.717, 1.165) is 11.5 Å². The number of hydrogen-bond donors (Lipinski definition) is 2. The van der Waals surface area contributed by atoms with Crippen LogP contribution in [0, 0.1) is 5.92 Å². The second kappa shape index (κ2) is 12.3. The minimum atomic E-state index is -0.781. The molecule has 1 saturated heterocycles. The van der Waals surface area contributed by atoms with Crippen LogP contribution in [0.15, 0.2) is 41.8 Å². The third-order valence-corrected chi connectivity index (χ3v) is 5.72. The third kappa shape index (κ3) is 8.67. The maximum atomic E-state index is 10.7. The van der Waals surface area contributed by atoms with Crippen LogP contribution in [0.5, 0.6) is 0 Å². The van der Waals surface area contributed by atoms with Gasteiger partial charge in [-0.05, 0) is 62.8 Å². The normalized spacial score (nSPS) is 15.4. The van der Waals surface area contributed by atoms with Gasteiger partial charge in [0.25, 0.3) is 0 Å². The summed E-state index contributed by atoms with van der Waals surface area (Å²) < 4.78 is 0. The van der Waals surface area contributed by atoms with Gasteiger partial charge >= 0.3 is 5.97 Å². The first-order valence-corrected chi connectivity index (χ1v) is 10.4. The summed E-state index contributed by atoms with van der Waals surface area (Å²) in [6, 6.07) is 10.9. The molecule has 0 bridgehead atoms. The van der Waals surface area contributed by atoms with Gasteiger partial charge in [0.15, 0.2) is 5.78 Å². The fourth-order valence-corrected chi connectivity index (χ4v) is 3.35. The molecule has 28 heavy (non-hydrogen) atoms. The Morgan fingerprint density at radius 3 is 2.11 bits per heavy atom. The van der Waals surface area contributed by atoms with Crippen LogP contribution in [0.2, 0.25) is 0 Å². The van der Waals surface area contributed by atoms with Gasteiger partial charge in [0.1, 0.15) is 0 Å². The van der Waals surface area contributed by atoms with Gasteiger partial charge in [0, 0.05) is 6.92 Å². The van der Waals surface area contributed by atoms with Crippen molar-refractivity contribution in [3.63, 3.8) is 0 Å². The molecule has 1 aromatic heterocycles. The minimum Gasteiger partial charge on any atom is -0.481 e. The molecule has 0 radical (unpaired) electrons. The molecule has 3 N–H and O–H groups in total. The Balaban J connectivity index is 0.000000213. The summed E-state index contributed by atoms with van der Waals surface area (Å²) in [5, 5.41) is 10.4. The summed E-state index contributed by atoms with van der Waals surface area (Å²) in [7, 11) is 2.20. The van der Waals surface area contributed by atoms with Crippen molar-refractivity contribution in [1.82, 2.24) is 4.90 Å². The van der Waals surface area contributed by atoms with Crippen LogP contribution in [0.25, 0.3) is 0 Å². The fourth-order valence-electron chi connectivity index (χ4n) is 2.63. The molecule has 1 fully saturated rings. The highest BCUT2D eigenvalue weighted by atomic mass is 32.1. The molecule has 1 aliphatic rings. The van der Waals surface area contributed by atoms with E-state index in [9.17, 15) is 9.59 Å². The van der Waals surface area contributed by atoms with Gasteiger partial charge in [-0.1, -0.05) is 37.3 Å². The zero-order valence-electron chi connectivity index (χ0n) is 17.2. The first kappa shape index (κ1) is 23.9. The molecule has 5 nitrogen and oxygen atoms in total. The van der Waals surface area contributed by atoms with E-state index in [1.54, 1.807) is 13.0 Å². The number of Topliss-reactive ketones (excluding diaryl/α,β-unsaturated/α-hetero) is 1. The lowest BCUT2D eigenvalue weighted by Gasteiger charge is -2.26. The number of nitrogens with zero attached hydrogens (tertiary/aromatic N) is 1. The summed E-state index contributed by atoms with van der Waals surface area (Å²) in [5.41, 5.74) is 6.87. The zero-order valence-corrected chi connectivity index (χ0v) is 18.0. The lowest BCUT2D eigenvalue weighted by Crippen LogP contribution is -2.28. The Hall–Kier alpha value is -2.18. The molecule has 1 atom stereocenters. The van der Waals surface area contributed by atoms with Crippen LogP contribution < -0.4 is 5.73 Å². The standard InChI is InChI=1S/C9H10O2.C7H15N.C6H7NOS/c1-7(9(10)11)8-5-3-2-4-6-8;1-7-3-5-8(2)6-4-7;1-4(8)6-5(7)2-3-9-6/h2-7H,1H3,(H,10,11);7H,3-6H2,1-2H3;2-3H,7H2,1H3. The number of anilines is 1. The van der Waals surface area contributed by atoms with E-state index < -0.39 is 11.9 Å². The van der Waals surface area contributed by atoms with Crippen molar-refractivity contribution >= 4 is 28.8 Å². The lowest BCUT2D eigenvalue weighted by molar-refractivity contribution is -0.138. The Kier molecular flexibility index (Phi) is 10.5. The number of thiophene rings is 1. The van der Waals surface area contributed by atoms with Crippen LogP contribution >= 0.6 is 11.3 Å². The molecule has 0 spiro atoms. The van der Waals surface area contributed by atoms with Crippen LogP contribution in [-0.2, 0) is 4.79 Å². The van der Waals surface area contributed by atoms with Crippen molar-refractivity contribution in [2.45, 2.75) is 39.5 Å². The van der Waals surface area contributed by atoms with Gasteiger partial charge in [-0.15, -0.1) is 11.3 Å². The highest BCUT2D eigenvalue weighted by Crippen LogP contribution is 2.18. The maximum absolute atomic E-state index is 10.7. The smallest absolute Gasteiger partial charge is 0.310 e. The number of piperidine rings is 1. The number of nitrogens with two attached hydrogens (primary N) is 1. The van der Waals surface area contributed by atoms with E-state index in [2.05, 4.69) is 18.9 Å². The van der Waals surface area contributed by atoms with Gasteiger partial charge in [-0.2, -0.15) is 0 Å². The number of likely N-dealkylation sites (tertiary alicyclic amines) is 1. The summed E-state index contributed by atoms with van der Waals surface area (Å²) in [4.78, 5) is 24.2. The van der Waals surface area contributed by atoms with Crippen molar-refractivity contribution in [1.29, 1.82) is 0 Å². The summed E-state index contributed by atoms with van der Waals surface area (Å²) in [6.45, 7) is 8.15. The molecule has 2 aromatic rings. The van der Waals surface area contributed by atoms with E-state index in [1.165, 1.54) is 44.2 Å². The largest absolute Gasteiger partial charge is 0.481 e. The monoisotopic (exact) mass is 404 g/mol. The summed E-state index contributed by atoms with van der Waals surface area (Å²) in [6.07, 6.45) is 2.80. The van der Waals surface area contributed by atoms with Crippen molar-refractivity contribution in [3.8, 4) is 0 Å². The molecular weight excluding hydrogens is 372 g/mol. The quantitative estimate of drug-likeness (QED) is 0.721. The molecule has 0 amide bonds. The van der Waals surface area contributed by atoms with E-state index in [-0.39, 0.29) is 5.78 Å². The molecule has 1 unspecified atom stereocenters. The first-order valence-electron chi connectivity index (χ1n) is 9.52. The minimum absolute atomic E-state index is 0.0440. The molecule has 0 saturated carbocycles. The van der Waals surface area contributed by atoms with E-state index in [0.29, 0.717) is 10.6 Å². The Morgan fingerprint density at radius 2 is 1.75 bits per heavy atom. The van der Waals surface area contributed by atoms with Crippen molar-refractivity contribution in [2.75, 3.05) is 25.9 Å². The highest BCUT2D eigenvalue weighted by Gasteiger charge is 2.12. The first-order chi connectivity index (χ1) is 13.2. The molecule has 0 aliphatic carbocycles. The number of aliphatic carboxylic acids is 1. The molecular formula is C22H32N2O3S. The van der Waals surface area contributed by atoms with Gasteiger partial charge in [-0.3, -0.25) is 9.59 Å². The van der Waals surface area contributed by atoms with E-state index in [4.69, 9.17) is 10.8 Å². The topological polar surface area (TPSA) is 83.6 Å². The van der Waals surface area contributed by atoms with Crippen LogP contribution in [0.1, 0.15) is 54.8 Å². The van der Waals surface area contributed by atoms with Crippen molar-refractivity contribution in [2.24, 2.45) is 5.92 Å². The molecule has 6 heteroatoms. The second-order valence-electron chi connectivity index (χ2n) is 7.22. The molecule has 1 aromatic carbocycles. The van der Waals surface area contributed by atoms with Crippen LogP contribution in [0.3, 0.4) is 0 Å². The zero-order chi connectivity index (χ0) is 21.1. The number of nitrogen functional groups attached to an aromatic ring is 1. The Morgan fingerprint density at radius 1 is 1.18 bits per heavy atom. The van der Waals surface area contributed by atoms with E-state index in [1.807, 2.05) is 35.7 Å². The maximum Gasteiger partial charge on any atom is 0.310 e. The van der Waals surface area contributed by atoms with Crippen molar-refractivity contribution < 1.29 is 14.7 Å². The predicted molar refractivity (Wildman–Crippen MR) is 117 cm³/mol. The van der Waals surface area contributed by atoms with Crippen LogP contribution in [-0.4, -0.2) is 41.9 Å².